The molecule has 88 valence electrons. The molecule has 0 amide bonds. The molecule has 0 aromatic carbocycles. The molecular weight excluding hydrogens is 211 g/mol. The molecule has 0 spiro atoms. The molecule has 0 aliphatic heterocycles. The Labute approximate surface area is 85.9 Å². The Morgan fingerprint density at radius 3 is 2.40 bits per heavy atom. The zero-order valence-corrected chi connectivity index (χ0v) is 8.42. The number of hydrogen-bond donors (Lipinski definition) is 1. The van der Waals surface area contributed by atoms with Crippen molar-refractivity contribution < 1.29 is 23.1 Å². The Kier molecular flexibility index (Phi) is 3.59. The molecule has 15 heavy (non-hydrogen) atoms. The predicted octanol–water partition coefficient (Wildman–Crippen LogP) is 1.88. The molecule has 1 fully saturated rings. The Morgan fingerprint density at radius 2 is 2.07 bits per heavy atom. The van der Waals surface area contributed by atoms with E-state index >= 15 is 0 Å². The summed E-state index contributed by atoms with van der Waals surface area (Å²) in [5.41, 5.74) is 0. The van der Waals surface area contributed by atoms with Gasteiger partial charge in [-0.25, -0.2) is 0 Å². The van der Waals surface area contributed by atoms with Crippen LogP contribution in [0.15, 0.2) is 0 Å². The lowest BCUT2D eigenvalue weighted by molar-refractivity contribution is -0.155. The van der Waals surface area contributed by atoms with Crippen LogP contribution in [0, 0.1) is 0 Å². The normalized spacial score (nSPS) is 19.3. The van der Waals surface area contributed by atoms with Gasteiger partial charge in [-0.05, 0) is 19.8 Å². The van der Waals surface area contributed by atoms with Crippen molar-refractivity contribution in [1.29, 1.82) is 0 Å². The fourth-order valence-electron chi connectivity index (χ4n) is 1.63. The van der Waals surface area contributed by atoms with Crippen LogP contribution in [-0.4, -0.2) is 40.8 Å². The molecule has 0 aromatic rings. The average molecular weight is 225 g/mol. The number of nitrogens with zero attached hydrogens (tertiary/aromatic N) is 1. The largest absolute Gasteiger partial charge is 0.481 e. The molecule has 1 unspecified atom stereocenters. The number of alkyl halides is 3. The van der Waals surface area contributed by atoms with Gasteiger partial charge in [-0.2, -0.15) is 13.2 Å². The first kappa shape index (κ1) is 12.3. The minimum Gasteiger partial charge on any atom is -0.481 e. The van der Waals surface area contributed by atoms with E-state index in [0.717, 1.165) is 12.8 Å². The highest BCUT2D eigenvalue weighted by molar-refractivity contribution is 5.67. The summed E-state index contributed by atoms with van der Waals surface area (Å²) in [6, 6.07) is -0.641. The summed E-state index contributed by atoms with van der Waals surface area (Å²) in [7, 11) is 0. The van der Waals surface area contributed by atoms with Crippen molar-refractivity contribution in [2.45, 2.75) is 44.4 Å². The third kappa shape index (κ3) is 4.51. The molecule has 0 saturated heterocycles. The number of carboxylic acid groups (broad SMARTS) is 1. The molecule has 1 atom stereocenters. The van der Waals surface area contributed by atoms with Gasteiger partial charge in [-0.15, -0.1) is 0 Å². The first-order valence-corrected chi connectivity index (χ1v) is 4.84. The zero-order valence-electron chi connectivity index (χ0n) is 8.42. The average Bonchev–Trinajstić information content (AvgIpc) is 2.78. The SMILES string of the molecule is CC(CC(=O)O)N(CC(F)(F)F)C1CC1. The molecule has 0 heterocycles. The van der Waals surface area contributed by atoms with Gasteiger partial charge in [-0.3, -0.25) is 9.69 Å². The first-order chi connectivity index (χ1) is 6.79. The Morgan fingerprint density at radius 1 is 1.53 bits per heavy atom. The van der Waals surface area contributed by atoms with Gasteiger partial charge in [-0.1, -0.05) is 0 Å². The van der Waals surface area contributed by atoms with Crippen LogP contribution in [0.25, 0.3) is 0 Å². The van der Waals surface area contributed by atoms with E-state index in [2.05, 4.69) is 0 Å². The van der Waals surface area contributed by atoms with E-state index in [1.807, 2.05) is 0 Å². The Bertz CT molecular complexity index is 238. The molecule has 1 aliphatic carbocycles. The van der Waals surface area contributed by atoms with Crippen molar-refractivity contribution in [2.24, 2.45) is 0 Å². The second kappa shape index (κ2) is 4.38. The molecule has 6 heteroatoms. The molecular formula is C9H14F3NO2. The van der Waals surface area contributed by atoms with Crippen LogP contribution in [0.1, 0.15) is 26.2 Å². The molecule has 0 aromatic heterocycles. The molecule has 1 N–H and O–H groups in total. The van der Waals surface area contributed by atoms with Crippen LogP contribution in [-0.2, 0) is 4.79 Å². The van der Waals surface area contributed by atoms with Crippen LogP contribution in [0.3, 0.4) is 0 Å². The maximum Gasteiger partial charge on any atom is 0.401 e. The quantitative estimate of drug-likeness (QED) is 0.776. The van der Waals surface area contributed by atoms with E-state index in [0.29, 0.717) is 0 Å². The van der Waals surface area contributed by atoms with Crippen molar-refractivity contribution in [3.63, 3.8) is 0 Å². The second-order valence-corrected chi connectivity index (χ2v) is 3.97. The van der Waals surface area contributed by atoms with E-state index in [1.54, 1.807) is 0 Å². The van der Waals surface area contributed by atoms with E-state index in [4.69, 9.17) is 5.11 Å². The van der Waals surface area contributed by atoms with Crippen LogP contribution in [0.2, 0.25) is 0 Å². The smallest absolute Gasteiger partial charge is 0.401 e. The number of rotatable bonds is 5. The van der Waals surface area contributed by atoms with E-state index < -0.39 is 24.7 Å². The fraction of sp³-hybridized carbons (Fsp3) is 0.889. The summed E-state index contributed by atoms with van der Waals surface area (Å²) in [5, 5.41) is 8.53. The van der Waals surface area contributed by atoms with E-state index in [1.165, 1.54) is 11.8 Å². The lowest BCUT2D eigenvalue weighted by Crippen LogP contribution is -2.42. The molecule has 1 saturated carbocycles. The number of aliphatic carboxylic acids is 1. The van der Waals surface area contributed by atoms with Gasteiger partial charge < -0.3 is 5.11 Å². The van der Waals surface area contributed by atoms with Crippen molar-refractivity contribution in [1.82, 2.24) is 4.90 Å². The van der Waals surface area contributed by atoms with Crippen molar-refractivity contribution >= 4 is 5.97 Å². The van der Waals surface area contributed by atoms with Gasteiger partial charge in [0.15, 0.2) is 0 Å². The van der Waals surface area contributed by atoms with Crippen molar-refractivity contribution in [3.8, 4) is 0 Å². The summed E-state index contributed by atoms with van der Waals surface area (Å²) in [4.78, 5) is 11.7. The maximum absolute atomic E-state index is 12.2. The fourth-order valence-corrected chi connectivity index (χ4v) is 1.63. The van der Waals surface area contributed by atoms with Gasteiger partial charge in [0.2, 0.25) is 0 Å². The van der Waals surface area contributed by atoms with E-state index in [-0.39, 0.29) is 12.5 Å². The minimum atomic E-state index is -4.25. The van der Waals surface area contributed by atoms with Crippen molar-refractivity contribution in [3.05, 3.63) is 0 Å². The highest BCUT2D eigenvalue weighted by Crippen LogP contribution is 2.32. The topological polar surface area (TPSA) is 40.5 Å². The third-order valence-electron chi connectivity index (χ3n) is 2.41. The van der Waals surface area contributed by atoms with Gasteiger partial charge in [0.05, 0.1) is 13.0 Å². The standard InChI is InChI=1S/C9H14F3NO2/c1-6(4-8(14)15)13(7-2-3-7)5-9(10,11)12/h6-7H,2-5H2,1H3,(H,14,15). The Hall–Kier alpha value is -0.780. The monoisotopic (exact) mass is 225 g/mol. The van der Waals surface area contributed by atoms with Crippen LogP contribution < -0.4 is 0 Å². The minimum absolute atomic E-state index is 0.0824. The lowest BCUT2D eigenvalue weighted by Gasteiger charge is -2.28. The number of halogens is 3. The predicted molar refractivity (Wildman–Crippen MR) is 47.5 cm³/mol. The van der Waals surface area contributed by atoms with Gasteiger partial charge in [0, 0.05) is 12.1 Å². The third-order valence-corrected chi connectivity index (χ3v) is 2.41. The van der Waals surface area contributed by atoms with Crippen LogP contribution in [0.4, 0.5) is 13.2 Å². The highest BCUT2D eigenvalue weighted by atomic mass is 19.4. The number of hydrogen-bond acceptors (Lipinski definition) is 2. The zero-order chi connectivity index (χ0) is 11.6. The molecule has 1 rings (SSSR count). The first-order valence-electron chi connectivity index (χ1n) is 4.84. The van der Waals surface area contributed by atoms with E-state index in [9.17, 15) is 18.0 Å². The van der Waals surface area contributed by atoms with Gasteiger partial charge in [0.1, 0.15) is 0 Å². The summed E-state index contributed by atoms with van der Waals surface area (Å²) < 4.78 is 36.6. The lowest BCUT2D eigenvalue weighted by atomic mass is 10.2. The van der Waals surface area contributed by atoms with Gasteiger partial charge >= 0.3 is 12.1 Å². The van der Waals surface area contributed by atoms with Crippen LogP contribution in [0.5, 0.6) is 0 Å². The maximum atomic E-state index is 12.2. The Balaban J connectivity index is 2.53. The summed E-state index contributed by atoms with van der Waals surface area (Å²) in [6.45, 7) is 0.518. The second-order valence-electron chi connectivity index (χ2n) is 3.97. The summed E-state index contributed by atoms with van der Waals surface area (Å²) in [5.74, 6) is -1.06. The molecule has 0 bridgehead atoms. The highest BCUT2D eigenvalue weighted by Gasteiger charge is 2.40. The molecule has 1 aliphatic rings. The van der Waals surface area contributed by atoms with Gasteiger partial charge in [0.25, 0.3) is 0 Å². The van der Waals surface area contributed by atoms with Crippen LogP contribution >= 0.6 is 0 Å². The summed E-state index contributed by atoms with van der Waals surface area (Å²) in [6.07, 6.45) is -3.03. The number of carboxylic acids is 1. The summed E-state index contributed by atoms with van der Waals surface area (Å²) >= 11 is 0. The number of carbonyl (C=O) groups is 1. The molecule has 3 nitrogen and oxygen atoms in total. The molecule has 0 radical (unpaired) electrons. The van der Waals surface area contributed by atoms with Crippen molar-refractivity contribution in [2.75, 3.05) is 6.54 Å².